The van der Waals surface area contributed by atoms with Crippen LogP contribution in [0.15, 0.2) is 18.2 Å². The van der Waals surface area contributed by atoms with Gasteiger partial charge in [-0.25, -0.2) is 0 Å². The normalized spacial score (nSPS) is 11.4. The second-order valence-corrected chi connectivity index (χ2v) is 3.56. The Hall–Kier alpha value is -1.73. The van der Waals surface area contributed by atoms with E-state index in [9.17, 15) is 4.79 Å². The van der Waals surface area contributed by atoms with Gasteiger partial charge in [0.25, 0.3) is 5.91 Å². The van der Waals surface area contributed by atoms with E-state index in [2.05, 4.69) is 5.32 Å². The van der Waals surface area contributed by atoms with E-state index < -0.39 is 6.10 Å². The van der Waals surface area contributed by atoms with Crippen LogP contribution in [0.3, 0.4) is 0 Å². The molecule has 84 valence electrons. The Kier molecular flexibility index (Phi) is 4.15. The lowest BCUT2D eigenvalue weighted by Crippen LogP contribution is -2.33. The summed E-state index contributed by atoms with van der Waals surface area (Å²) in [6.07, 6.45) is -0.671. The Morgan fingerprint density at radius 2 is 2.31 bits per heavy atom. The summed E-state index contributed by atoms with van der Waals surface area (Å²) in [6.45, 7) is 1.60. The SMILES string of the molecule is CNC(=O)C(C)Oc1cc(Cl)ccc1C#N. The summed E-state index contributed by atoms with van der Waals surface area (Å²) >= 11 is 5.78. The molecule has 1 unspecified atom stereocenters. The Labute approximate surface area is 98.8 Å². The molecule has 0 bridgehead atoms. The third-order valence-electron chi connectivity index (χ3n) is 1.98. The van der Waals surface area contributed by atoms with Gasteiger partial charge < -0.3 is 10.1 Å². The maximum absolute atomic E-state index is 11.2. The van der Waals surface area contributed by atoms with Gasteiger partial charge in [0, 0.05) is 18.1 Å². The third kappa shape index (κ3) is 2.88. The van der Waals surface area contributed by atoms with E-state index in [4.69, 9.17) is 21.6 Å². The van der Waals surface area contributed by atoms with Gasteiger partial charge in [-0.2, -0.15) is 5.26 Å². The quantitative estimate of drug-likeness (QED) is 0.872. The number of nitrogens with zero attached hydrogens (tertiary/aromatic N) is 1. The Bertz CT molecular complexity index is 440. The molecular formula is C11H11ClN2O2. The van der Waals surface area contributed by atoms with Gasteiger partial charge in [-0.1, -0.05) is 11.6 Å². The highest BCUT2D eigenvalue weighted by Gasteiger charge is 2.14. The van der Waals surface area contributed by atoms with Crippen molar-refractivity contribution < 1.29 is 9.53 Å². The molecule has 0 spiro atoms. The molecule has 0 aromatic heterocycles. The topological polar surface area (TPSA) is 62.1 Å². The van der Waals surface area contributed by atoms with Gasteiger partial charge >= 0.3 is 0 Å². The molecule has 1 atom stereocenters. The molecule has 4 nitrogen and oxygen atoms in total. The summed E-state index contributed by atoms with van der Waals surface area (Å²) in [7, 11) is 1.52. The van der Waals surface area contributed by atoms with Gasteiger partial charge in [0.2, 0.25) is 0 Å². The number of hydrogen-bond donors (Lipinski definition) is 1. The number of likely N-dealkylation sites (N-methyl/N-ethyl adjacent to an activating group) is 1. The van der Waals surface area contributed by atoms with Gasteiger partial charge in [0.1, 0.15) is 11.8 Å². The highest BCUT2D eigenvalue weighted by atomic mass is 35.5. The average molecular weight is 239 g/mol. The zero-order chi connectivity index (χ0) is 12.1. The fourth-order valence-corrected chi connectivity index (χ4v) is 1.30. The van der Waals surface area contributed by atoms with Crippen molar-refractivity contribution in [3.05, 3.63) is 28.8 Å². The number of benzene rings is 1. The van der Waals surface area contributed by atoms with Crippen molar-refractivity contribution in [2.45, 2.75) is 13.0 Å². The third-order valence-corrected chi connectivity index (χ3v) is 2.22. The maximum atomic E-state index is 11.2. The highest BCUT2D eigenvalue weighted by Crippen LogP contribution is 2.23. The Morgan fingerprint density at radius 3 is 2.88 bits per heavy atom. The number of nitriles is 1. The molecule has 1 aromatic carbocycles. The number of ether oxygens (including phenoxy) is 1. The minimum absolute atomic E-state index is 0.260. The molecule has 0 saturated carbocycles. The first-order valence-corrected chi connectivity index (χ1v) is 5.04. The van der Waals surface area contributed by atoms with Crippen LogP contribution >= 0.6 is 11.6 Å². The number of amides is 1. The van der Waals surface area contributed by atoms with Crippen LogP contribution < -0.4 is 10.1 Å². The Morgan fingerprint density at radius 1 is 1.62 bits per heavy atom. The van der Waals surface area contributed by atoms with Gasteiger partial charge in [-0.3, -0.25) is 4.79 Å². The van der Waals surface area contributed by atoms with Crippen LogP contribution in [0.5, 0.6) is 5.75 Å². The molecule has 1 N–H and O–H groups in total. The molecule has 0 fully saturated rings. The second kappa shape index (κ2) is 5.38. The molecule has 0 heterocycles. The zero-order valence-corrected chi connectivity index (χ0v) is 9.71. The van der Waals surface area contributed by atoms with Gasteiger partial charge in [-0.15, -0.1) is 0 Å². The molecule has 0 aliphatic heterocycles. The van der Waals surface area contributed by atoms with Crippen molar-refractivity contribution in [1.29, 1.82) is 5.26 Å². The largest absolute Gasteiger partial charge is 0.479 e. The summed E-state index contributed by atoms with van der Waals surface area (Å²) in [5.74, 6) is 0.0509. The molecule has 16 heavy (non-hydrogen) atoms. The first-order chi connectivity index (χ1) is 7.58. The van der Waals surface area contributed by atoms with E-state index >= 15 is 0 Å². The lowest BCUT2D eigenvalue weighted by atomic mass is 10.2. The van der Waals surface area contributed by atoms with Gasteiger partial charge in [-0.05, 0) is 19.1 Å². The smallest absolute Gasteiger partial charge is 0.260 e. The molecule has 0 saturated heterocycles. The molecule has 0 aliphatic rings. The van der Waals surface area contributed by atoms with Crippen molar-refractivity contribution in [2.75, 3.05) is 7.05 Å². The van der Waals surface area contributed by atoms with Crippen LogP contribution in [0.4, 0.5) is 0 Å². The second-order valence-electron chi connectivity index (χ2n) is 3.13. The number of carbonyl (C=O) groups excluding carboxylic acids is 1. The van der Waals surface area contributed by atoms with Crippen LogP contribution in [0.25, 0.3) is 0 Å². The lowest BCUT2D eigenvalue weighted by molar-refractivity contribution is -0.126. The van der Waals surface area contributed by atoms with Crippen LogP contribution in [-0.2, 0) is 4.79 Å². The summed E-state index contributed by atoms with van der Waals surface area (Å²) in [4.78, 5) is 11.2. The molecule has 0 aliphatic carbocycles. The van der Waals surface area contributed by atoms with Crippen LogP contribution in [0, 0.1) is 11.3 Å². The van der Waals surface area contributed by atoms with Crippen molar-refractivity contribution in [2.24, 2.45) is 0 Å². The summed E-state index contributed by atoms with van der Waals surface area (Å²) in [5.41, 5.74) is 0.347. The van der Waals surface area contributed by atoms with E-state index in [-0.39, 0.29) is 5.91 Å². The first kappa shape index (κ1) is 12.3. The summed E-state index contributed by atoms with van der Waals surface area (Å²) < 4.78 is 5.35. The lowest BCUT2D eigenvalue weighted by Gasteiger charge is -2.14. The van der Waals surface area contributed by atoms with Crippen molar-refractivity contribution in [1.82, 2.24) is 5.32 Å². The predicted molar refractivity (Wildman–Crippen MR) is 60.3 cm³/mol. The van der Waals surface area contributed by atoms with Crippen molar-refractivity contribution in [3.63, 3.8) is 0 Å². The number of nitrogens with one attached hydrogen (secondary N) is 1. The fraction of sp³-hybridized carbons (Fsp3) is 0.273. The monoisotopic (exact) mass is 238 g/mol. The average Bonchev–Trinajstić information content (AvgIpc) is 2.28. The summed E-state index contributed by atoms with van der Waals surface area (Å²) in [5, 5.41) is 11.8. The van der Waals surface area contributed by atoms with Gasteiger partial charge in [0.15, 0.2) is 6.10 Å². The summed E-state index contributed by atoms with van der Waals surface area (Å²) in [6, 6.07) is 6.63. The fourth-order valence-electron chi connectivity index (χ4n) is 1.13. The van der Waals surface area contributed by atoms with Crippen LogP contribution in [0.1, 0.15) is 12.5 Å². The van der Waals surface area contributed by atoms with Gasteiger partial charge in [0.05, 0.1) is 5.56 Å². The molecular weight excluding hydrogens is 228 g/mol. The molecule has 1 rings (SSSR count). The standard InChI is InChI=1S/C11H11ClN2O2/c1-7(11(15)14-2)16-10-5-9(12)4-3-8(10)6-13/h3-5,7H,1-2H3,(H,14,15). The maximum Gasteiger partial charge on any atom is 0.260 e. The number of rotatable bonds is 3. The van der Waals surface area contributed by atoms with E-state index in [0.717, 1.165) is 0 Å². The van der Waals surface area contributed by atoms with Crippen LogP contribution in [0.2, 0.25) is 5.02 Å². The number of hydrogen-bond acceptors (Lipinski definition) is 3. The molecule has 5 heteroatoms. The molecule has 0 radical (unpaired) electrons. The Balaban J connectivity index is 2.92. The van der Waals surface area contributed by atoms with E-state index in [1.54, 1.807) is 19.1 Å². The number of carbonyl (C=O) groups is 1. The van der Waals surface area contributed by atoms with E-state index in [1.807, 2.05) is 6.07 Å². The predicted octanol–water partition coefficient (Wildman–Crippen LogP) is 1.72. The van der Waals surface area contributed by atoms with Crippen molar-refractivity contribution in [3.8, 4) is 11.8 Å². The van der Waals surface area contributed by atoms with Crippen molar-refractivity contribution >= 4 is 17.5 Å². The van der Waals surface area contributed by atoms with E-state index in [0.29, 0.717) is 16.3 Å². The minimum atomic E-state index is -0.671. The first-order valence-electron chi connectivity index (χ1n) is 4.66. The zero-order valence-electron chi connectivity index (χ0n) is 8.95. The number of halogens is 1. The minimum Gasteiger partial charge on any atom is -0.479 e. The molecule has 1 amide bonds. The highest BCUT2D eigenvalue weighted by molar-refractivity contribution is 6.30. The van der Waals surface area contributed by atoms with Crippen LogP contribution in [-0.4, -0.2) is 19.1 Å². The van der Waals surface area contributed by atoms with E-state index in [1.165, 1.54) is 13.1 Å². The molecule has 1 aromatic rings.